The summed E-state index contributed by atoms with van der Waals surface area (Å²) >= 11 is 4.86. The third-order valence-electron chi connectivity index (χ3n) is 6.59. The van der Waals surface area contributed by atoms with Gasteiger partial charge in [-0.25, -0.2) is 19.6 Å². The van der Waals surface area contributed by atoms with Gasteiger partial charge in [0.1, 0.15) is 16.8 Å². The summed E-state index contributed by atoms with van der Waals surface area (Å²) in [4.78, 5) is 36.7. The fourth-order valence-corrected chi connectivity index (χ4v) is 5.65. The number of aromatic nitrogens is 2. The van der Waals surface area contributed by atoms with Gasteiger partial charge in [0.2, 0.25) is 0 Å². The summed E-state index contributed by atoms with van der Waals surface area (Å²) in [6.45, 7) is 10.3. The van der Waals surface area contributed by atoms with Crippen molar-refractivity contribution >= 4 is 47.2 Å². The molecule has 0 aliphatic carbocycles. The van der Waals surface area contributed by atoms with E-state index in [1.807, 2.05) is 55.2 Å². The molecule has 0 aliphatic heterocycles. The molecule has 0 spiro atoms. The first-order chi connectivity index (χ1) is 25.4. The lowest BCUT2D eigenvalue weighted by atomic mass is 10.3. The molecule has 0 atom stereocenters. The molecule has 0 saturated heterocycles. The van der Waals surface area contributed by atoms with Crippen molar-refractivity contribution in [2.24, 2.45) is 0 Å². The summed E-state index contributed by atoms with van der Waals surface area (Å²) in [6, 6.07) is 10.5. The van der Waals surface area contributed by atoms with E-state index < -0.39 is 11.9 Å². The number of thiocyanates is 1. The number of esters is 2. The van der Waals surface area contributed by atoms with Crippen molar-refractivity contribution < 1.29 is 38.4 Å². The fraction of sp³-hybridized carbons (Fsp3) is 0.649. The van der Waals surface area contributed by atoms with Gasteiger partial charge in [-0.3, -0.25) is 9.80 Å². The minimum atomic E-state index is -0.491. The number of ether oxygens (including phenoxy) is 5. The van der Waals surface area contributed by atoms with Gasteiger partial charge in [-0.15, -0.1) is 0 Å². The summed E-state index contributed by atoms with van der Waals surface area (Å²) in [7, 11) is 2.65. The Balaban J connectivity index is 0. The van der Waals surface area contributed by atoms with Crippen LogP contribution >= 0.6 is 35.3 Å². The van der Waals surface area contributed by atoms with Crippen molar-refractivity contribution in [2.45, 2.75) is 40.8 Å². The van der Waals surface area contributed by atoms with Crippen molar-refractivity contribution in [2.75, 3.05) is 116 Å². The Morgan fingerprint density at radius 1 is 0.736 bits per heavy atom. The van der Waals surface area contributed by atoms with Crippen LogP contribution in [0.4, 0.5) is 0 Å². The van der Waals surface area contributed by atoms with Crippen LogP contribution in [0.5, 0.6) is 0 Å². The van der Waals surface area contributed by atoms with E-state index in [0.29, 0.717) is 84.6 Å². The van der Waals surface area contributed by atoms with E-state index in [2.05, 4.69) is 20.3 Å². The van der Waals surface area contributed by atoms with Crippen molar-refractivity contribution in [3.63, 3.8) is 0 Å². The molecule has 13 nitrogen and oxygen atoms in total. The number of aliphatic hydroxyl groups is 1. The number of pyridine rings is 2. The van der Waals surface area contributed by atoms with Gasteiger partial charge in [0.25, 0.3) is 0 Å². The van der Waals surface area contributed by atoms with E-state index in [0.717, 1.165) is 29.4 Å². The second kappa shape index (κ2) is 37.8. The zero-order valence-corrected chi connectivity index (χ0v) is 34.2. The van der Waals surface area contributed by atoms with Crippen molar-refractivity contribution in [3.8, 4) is 5.40 Å². The second-order valence-electron chi connectivity index (χ2n) is 10.4. The van der Waals surface area contributed by atoms with E-state index in [1.54, 1.807) is 36.0 Å². The van der Waals surface area contributed by atoms with Crippen molar-refractivity contribution in [1.29, 1.82) is 5.26 Å². The predicted octanol–water partition coefficient (Wildman–Crippen LogP) is 5.38. The second-order valence-corrected chi connectivity index (χ2v) is 13.4. The van der Waals surface area contributed by atoms with Crippen molar-refractivity contribution in [1.82, 2.24) is 19.8 Å². The third-order valence-corrected chi connectivity index (χ3v) is 8.46. The van der Waals surface area contributed by atoms with Crippen LogP contribution in [0, 0.1) is 10.7 Å². The summed E-state index contributed by atoms with van der Waals surface area (Å²) in [5.74, 6) is 1.84. The molecular formula is C37H63N5O8S3. The minimum Gasteiger partial charge on any atom is -0.464 e. The standard InChI is InChI=1S/C32H47N5O8S2.C2H6S.C2H6.CH4/c1-41-31(39)29-8-3-6-27(34-29)24-36(10-14-38)11-17-44-19-20-45-18-13-37(12-16-43-15-5-21-46-22-23-47-26-33)25-28-7-4-9-30(35-28)32(40)42-2;1-3-2;1-2;/h3-4,6-9,38H,5,10-25H2,1-2H3;1-2H3;1-2H3;1H4. The van der Waals surface area contributed by atoms with Crippen LogP contribution in [0.3, 0.4) is 0 Å². The molecule has 0 fully saturated rings. The van der Waals surface area contributed by atoms with Gasteiger partial charge in [0.05, 0.1) is 65.2 Å². The highest BCUT2D eigenvalue weighted by Gasteiger charge is 2.13. The third kappa shape index (κ3) is 27.7. The van der Waals surface area contributed by atoms with Crippen LogP contribution < -0.4 is 0 Å². The van der Waals surface area contributed by atoms with E-state index >= 15 is 0 Å². The number of carbonyl (C=O) groups is 2. The number of nitrogens with zero attached hydrogens (tertiary/aromatic N) is 5. The molecule has 0 radical (unpaired) electrons. The molecule has 2 rings (SSSR count). The molecule has 2 aromatic heterocycles. The zero-order chi connectivity index (χ0) is 38.7. The maximum Gasteiger partial charge on any atom is 0.356 e. The zero-order valence-electron chi connectivity index (χ0n) is 31.8. The lowest BCUT2D eigenvalue weighted by Gasteiger charge is -2.22. The molecule has 0 unspecified atom stereocenters. The lowest BCUT2D eigenvalue weighted by molar-refractivity contribution is 0.0244. The summed E-state index contributed by atoms with van der Waals surface area (Å²) in [5, 5.41) is 20.1. The first-order valence-electron chi connectivity index (χ1n) is 17.3. The van der Waals surface area contributed by atoms with Crippen LogP contribution in [0.25, 0.3) is 0 Å². The van der Waals surface area contributed by atoms with Gasteiger partial charge < -0.3 is 28.8 Å². The topological polar surface area (TPSA) is 157 Å². The highest BCUT2D eigenvalue weighted by atomic mass is 32.2. The number of nitriles is 1. The smallest absolute Gasteiger partial charge is 0.356 e. The summed E-state index contributed by atoms with van der Waals surface area (Å²) in [5.41, 5.74) is 1.97. The molecule has 2 aromatic rings. The average Bonchev–Trinajstić information content (AvgIpc) is 3.17. The van der Waals surface area contributed by atoms with E-state index in [-0.39, 0.29) is 25.4 Å². The fourth-order valence-electron chi connectivity index (χ4n) is 4.23. The Labute approximate surface area is 331 Å². The van der Waals surface area contributed by atoms with Crippen LogP contribution in [0.2, 0.25) is 0 Å². The molecule has 53 heavy (non-hydrogen) atoms. The number of carbonyl (C=O) groups excluding carboxylic acids is 2. The molecule has 0 bridgehead atoms. The van der Waals surface area contributed by atoms with Crippen LogP contribution in [0.1, 0.15) is 60.1 Å². The summed E-state index contributed by atoms with van der Waals surface area (Å²) in [6.07, 6.45) is 5.03. The summed E-state index contributed by atoms with van der Waals surface area (Å²) < 4.78 is 27.0. The van der Waals surface area contributed by atoms with Crippen LogP contribution in [-0.4, -0.2) is 153 Å². The number of rotatable bonds is 27. The van der Waals surface area contributed by atoms with Gasteiger partial charge in [-0.2, -0.15) is 28.8 Å². The van der Waals surface area contributed by atoms with E-state index in [9.17, 15) is 14.7 Å². The number of methoxy groups -OCH3 is 2. The first kappa shape index (κ1) is 52.6. The van der Waals surface area contributed by atoms with Crippen LogP contribution in [-0.2, 0) is 36.8 Å². The Bertz CT molecular complexity index is 1230. The minimum absolute atomic E-state index is 0. The molecular weight excluding hydrogens is 739 g/mol. The number of thioether (sulfide) groups is 3. The number of hydrogen-bond donors (Lipinski definition) is 1. The molecule has 0 aromatic carbocycles. The monoisotopic (exact) mass is 801 g/mol. The molecule has 0 amide bonds. The maximum atomic E-state index is 11.9. The van der Waals surface area contributed by atoms with E-state index in [1.165, 1.54) is 26.0 Å². The highest BCUT2D eigenvalue weighted by molar-refractivity contribution is 8.05. The molecule has 302 valence electrons. The largest absolute Gasteiger partial charge is 0.464 e. The molecule has 0 aliphatic rings. The normalized spacial score (nSPS) is 10.3. The Morgan fingerprint density at radius 2 is 1.19 bits per heavy atom. The maximum absolute atomic E-state index is 11.9. The van der Waals surface area contributed by atoms with Gasteiger partial charge >= 0.3 is 11.9 Å². The molecule has 2 heterocycles. The number of hydrogen-bond acceptors (Lipinski definition) is 16. The molecule has 1 N–H and O–H groups in total. The van der Waals surface area contributed by atoms with E-state index in [4.69, 9.17) is 28.9 Å². The first-order valence-corrected chi connectivity index (χ1v) is 21.1. The predicted molar refractivity (Wildman–Crippen MR) is 219 cm³/mol. The lowest BCUT2D eigenvalue weighted by Crippen LogP contribution is -2.32. The van der Waals surface area contributed by atoms with Crippen LogP contribution in [0.15, 0.2) is 36.4 Å². The molecule has 16 heteroatoms. The van der Waals surface area contributed by atoms with Gasteiger partial charge in [0.15, 0.2) is 0 Å². The van der Waals surface area contributed by atoms with Gasteiger partial charge in [-0.1, -0.05) is 33.4 Å². The SMILES string of the molecule is C.CC.COC(=O)c1cccc(CN(CCO)CCOCCOCCN(CCOCCCSCCSC#N)Cc2cccc(C(=O)OC)n2)n1.CSC. The van der Waals surface area contributed by atoms with Crippen molar-refractivity contribution in [3.05, 3.63) is 59.2 Å². The quantitative estimate of drug-likeness (QED) is 0.0698. The van der Waals surface area contributed by atoms with Gasteiger partial charge in [0, 0.05) is 57.4 Å². The van der Waals surface area contributed by atoms with Gasteiger partial charge in [-0.05, 0) is 60.7 Å². The Hall–Kier alpha value is -2.46. The molecule has 0 saturated carbocycles. The number of aliphatic hydroxyl groups excluding tert-OH is 1. The Morgan fingerprint density at radius 3 is 1.62 bits per heavy atom. The highest BCUT2D eigenvalue weighted by Crippen LogP contribution is 2.09. The Kier molecular flexibility index (Phi) is 37.6. The average molecular weight is 802 g/mol.